The summed E-state index contributed by atoms with van der Waals surface area (Å²) in [6, 6.07) is -0.115. The first kappa shape index (κ1) is 25.3. The van der Waals surface area contributed by atoms with Crippen molar-refractivity contribution in [2.75, 3.05) is 13.7 Å². The van der Waals surface area contributed by atoms with Gasteiger partial charge in [0.15, 0.2) is 0 Å². The van der Waals surface area contributed by atoms with Gasteiger partial charge in [-0.15, -0.1) is 0 Å². The van der Waals surface area contributed by atoms with Gasteiger partial charge in [-0.05, 0) is 6.92 Å². The van der Waals surface area contributed by atoms with Crippen molar-refractivity contribution in [2.45, 2.75) is 31.8 Å². The Labute approximate surface area is 168 Å². The van der Waals surface area contributed by atoms with Gasteiger partial charge in [0.1, 0.15) is 12.3 Å². The third-order valence-corrected chi connectivity index (χ3v) is 7.41. The molecule has 0 spiro atoms. The van der Waals surface area contributed by atoms with Gasteiger partial charge in [-0.1, -0.05) is 0 Å². The van der Waals surface area contributed by atoms with Crippen molar-refractivity contribution in [1.29, 1.82) is 0 Å². The summed E-state index contributed by atoms with van der Waals surface area (Å²) in [6.07, 6.45) is -2.08. The lowest BCUT2D eigenvalue weighted by atomic mass is 10.2. The Morgan fingerprint density at radius 2 is 1.83 bits per heavy atom. The summed E-state index contributed by atoms with van der Waals surface area (Å²) in [5.74, 6) is 0. The predicted molar refractivity (Wildman–Crippen MR) is 94.1 cm³/mol. The molecule has 0 amide bonds. The highest BCUT2D eigenvalue weighted by atomic mass is 31.3. The first-order chi connectivity index (χ1) is 13.6. The highest BCUT2D eigenvalue weighted by Gasteiger charge is 2.43. The minimum absolute atomic E-state index is 0.0647. The minimum atomic E-state index is -5.66. The summed E-state index contributed by atoms with van der Waals surface area (Å²) >= 11 is 0. The number of methoxy groups -OCH3 is 1. The molecule has 0 bridgehead atoms. The second-order valence-corrected chi connectivity index (χ2v) is 10.4. The van der Waals surface area contributed by atoms with E-state index in [-0.39, 0.29) is 18.0 Å². The van der Waals surface area contributed by atoms with Crippen molar-refractivity contribution in [1.82, 2.24) is 9.55 Å². The summed E-state index contributed by atoms with van der Waals surface area (Å²) in [5, 5.41) is 10.1. The van der Waals surface area contributed by atoms with Gasteiger partial charge in [-0.2, -0.15) is 13.6 Å². The third kappa shape index (κ3) is 7.02. The van der Waals surface area contributed by atoms with Crippen LogP contribution in [0.2, 0.25) is 0 Å². The SMILES string of the molecule is COc1nc(=O)c(C)cn1[C@@H]1C[C@H](O)[C@@H](COP(=O)(O)OP(=O)(O)OP(=O)(O)O)O1. The Kier molecular flexibility index (Phi) is 7.79. The number of phosphoric ester groups is 1. The molecule has 1 aromatic heterocycles. The molecule has 19 heteroatoms. The highest BCUT2D eigenvalue weighted by molar-refractivity contribution is 7.66. The molecule has 172 valence electrons. The number of hydrogen-bond donors (Lipinski definition) is 5. The Balaban J connectivity index is 2.05. The van der Waals surface area contributed by atoms with Gasteiger partial charge < -0.3 is 34.2 Å². The lowest BCUT2D eigenvalue weighted by molar-refractivity contribution is -0.0461. The fraction of sp³-hybridized carbons (Fsp3) is 0.636. The lowest BCUT2D eigenvalue weighted by Crippen LogP contribution is -2.26. The van der Waals surface area contributed by atoms with Crippen molar-refractivity contribution >= 4 is 23.5 Å². The van der Waals surface area contributed by atoms with Gasteiger partial charge in [0.25, 0.3) is 5.56 Å². The molecule has 16 nitrogen and oxygen atoms in total. The maximum Gasteiger partial charge on any atom is 0.490 e. The van der Waals surface area contributed by atoms with Crippen LogP contribution < -0.4 is 10.3 Å². The maximum atomic E-state index is 11.8. The number of aryl methyl sites for hydroxylation is 1. The van der Waals surface area contributed by atoms with Crippen LogP contribution >= 0.6 is 23.5 Å². The Bertz CT molecular complexity index is 974. The minimum Gasteiger partial charge on any atom is -0.468 e. The first-order valence-corrected chi connectivity index (χ1v) is 12.4. The van der Waals surface area contributed by atoms with Gasteiger partial charge in [0, 0.05) is 18.2 Å². The number of aromatic nitrogens is 2. The van der Waals surface area contributed by atoms with Crippen LogP contribution in [0.4, 0.5) is 0 Å². The van der Waals surface area contributed by atoms with Crippen LogP contribution in [0.5, 0.6) is 6.01 Å². The van der Waals surface area contributed by atoms with Gasteiger partial charge >= 0.3 is 29.5 Å². The predicted octanol–water partition coefficient (Wildman–Crippen LogP) is -0.448. The van der Waals surface area contributed by atoms with Crippen LogP contribution in [0.25, 0.3) is 0 Å². The molecule has 2 heterocycles. The molecule has 1 aliphatic heterocycles. The van der Waals surface area contributed by atoms with Gasteiger partial charge in [-0.3, -0.25) is 13.9 Å². The van der Waals surface area contributed by atoms with Gasteiger partial charge in [-0.25, -0.2) is 13.7 Å². The molecule has 0 aliphatic carbocycles. The molecule has 1 saturated heterocycles. The van der Waals surface area contributed by atoms with E-state index in [1.54, 1.807) is 0 Å². The molecule has 0 radical (unpaired) electrons. The molecular formula is C11H19N2O14P3. The van der Waals surface area contributed by atoms with Gasteiger partial charge in [0.05, 0.1) is 19.8 Å². The summed E-state index contributed by atoms with van der Waals surface area (Å²) in [6.45, 7) is 0.666. The quantitative estimate of drug-likeness (QED) is 0.272. The van der Waals surface area contributed by atoms with E-state index in [1.165, 1.54) is 24.8 Å². The number of aliphatic hydroxyl groups excluding tert-OH is 1. The molecule has 0 saturated carbocycles. The van der Waals surface area contributed by atoms with Crippen molar-refractivity contribution in [2.24, 2.45) is 0 Å². The Morgan fingerprint density at radius 3 is 2.40 bits per heavy atom. The summed E-state index contributed by atoms with van der Waals surface area (Å²) < 4.78 is 57.1. The second-order valence-electron chi connectivity index (χ2n) is 5.94. The molecule has 0 aromatic carbocycles. The molecule has 30 heavy (non-hydrogen) atoms. The molecule has 5 N–H and O–H groups in total. The third-order valence-electron chi connectivity index (χ3n) is 3.60. The van der Waals surface area contributed by atoms with Crippen molar-refractivity contribution < 1.29 is 61.0 Å². The first-order valence-electron chi connectivity index (χ1n) is 7.88. The smallest absolute Gasteiger partial charge is 0.468 e. The maximum absolute atomic E-state index is 11.8. The number of rotatable bonds is 9. The molecule has 2 unspecified atom stereocenters. The monoisotopic (exact) mass is 496 g/mol. The fourth-order valence-electron chi connectivity index (χ4n) is 2.42. The summed E-state index contributed by atoms with van der Waals surface area (Å²) in [5.41, 5.74) is -0.281. The average Bonchev–Trinajstić information content (AvgIpc) is 2.92. The van der Waals surface area contributed by atoms with Crippen LogP contribution in [0.15, 0.2) is 11.0 Å². The largest absolute Gasteiger partial charge is 0.490 e. The number of hydrogen-bond acceptors (Lipinski definition) is 11. The summed E-state index contributed by atoms with van der Waals surface area (Å²) in [4.78, 5) is 50.8. The van der Waals surface area contributed by atoms with E-state index in [0.717, 1.165) is 0 Å². The Hall–Kier alpha value is -0.990. The van der Waals surface area contributed by atoms with E-state index in [4.69, 9.17) is 24.2 Å². The van der Waals surface area contributed by atoms with Crippen LogP contribution in [-0.2, 0) is 31.6 Å². The van der Waals surface area contributed by atoms with E-state index in [9.17, 15) is 28.5 Å². The zero-order chi connectivity index (χ0) is 22.9. The van der Waals surface area contributed by atoms with E-state index in [1.807, 2.05) is 0 Å². The van der Waals surface area contributed by atoms with Crippen LogP contribution in [-0.4, -0.2) is 60.2 Å². The van der Waals surface area contributed by atoms with Gasteiger partial charge in [0.2, 0.25) is 0 Å². The van der Waals surface area contributed by atoms with E-state index in [0.29, 0.717) is 0 Å². The molecule has 1 aromatic rings. The van der Waals surface area contributed by atoms with Crippen LogP contribution in [0.1, 0.15) is 18.2 Å². The van der Waals surface area contributed by atoms with E-state index in [2.05, 4.69) is 18.1 Å². The highest BCUT2D eigenvalue weighted by Crippen LogP contribution is 2.66. The van der Waals surface area contributed by atoms with Crippen molar-refractivity contribution in [3.05, 3.63) is 22.1 Å². The summed E-state index contributed by atoms with van der Waals surface area (Å²) in [7, 11) is -15.3. The number of ether oxygens (including phenoxy) is 2. The molecule has 2 rings (SSSR count). The zero-order valence-electron chi connectivity index (χ0n) is 15.4. The number of nitrogens with zero attached hydrogens (tertiary/aromatic N) is 2. The zero-order valence-corrected chi connectivity index (χ0v) is 18.1. The lowest BCUT2D eigenvalue weighted by Gasteiger charge is -2.20. The second kappa shape index (κ2) is 9.25. The Morgan fingerprint density at radius 1 is 1.20 bits per heavy atom. The average molecular weight is 496 g/mol. The number of aliphatic hydroxyl groups is 1. The fourth-order valence-corrected chi connectivity index (χ4v) is 5.45. The molecule has 5 atom stereocenters. The van der Waals surface area contributed by atoms with E-state index < -0.39 is 54.1 Å². The van der Waals surface area contributed by atoms with Crippen LogP contribution in [0.3, 0.4) is 0 Å². The molecular weight excluding hydrogens is 477 g/mol. The van der Waals surface area contributed by atoms with Crippen LogP contribution in [0, 0.1) is 6.92 Å². The van der Waals surface area contributed by atoms with E-state index >= 15 is 0 Å². The van der Waals surface area contributed by atoms with Crippen molar-refractivity contribution in [3.8, 4) is 6.01 Å². The standard InChI is InChI=1S/C11H19N2O14P3/c1-6-4-13(11(23-2)12-10(6)15)9-3-7(14)8(25-9)5-24-29(19,20)27-30(21,22)26-28(16,17)18/h4,7-9,14H,3,5H2,1-2H3,(H,19,20)(H,21,22)(H2,16,17,18)/t7-,8+,9-/m0/s1. The normalized spacial score (nSPS) is 26.2. The molecule has 1 aliphatic rings. The van der Waals surface area contributed by atoms with Crippen molar-refractivity contribution in [3.63, 3.8) is 0 Å². The number of phosphoric acid groups is 3. The molecule has 1 fully saturated rings. The topological polar surface area (TPSA) is 233 Å².